The molecule has 6 heteroatoms. The molecular formula is C13H16ClN3O2. The van der Waals surface area contributed by atoms with E-state index in [1.165, 1.54) is 0 Å². The maximum Gasteiger partial charge on any atom is 0.241 e. The van der Waals surface area contributed by atoms with Gasteiger partial charge in [0.05, 0.1) is 23.2 Å². The standard InChI is InChI=1S/C13H16ClN3O2/c1-2-3-9(15)13(19)17-11-4-7-5-12(18)16-10(7)6-8(11)14/h4,6,9H,2-3,5,15H2,1H3,(H,16,18)(H,17,19)/t9-/m0/s1. The maximum atomic E-state index is 11.8. The Morgan fingerprint density at radius 2 is 2.32 bits per heavy atom. The van der Waals surface area contributed by atoms with E-state index < -0.39 is 6.04 Å². The van der Waals surface area contributed by atoms with Crippen LogP contribution in [0.4, 0.5) is 11.4 Å². The fourth-order valence-electron chi connectivity index (χ4n) is 2.01. The van der Waals surface area contributed by atoms with Crippen molar-refractivity contribution >= 4 is 34.8 Å². The molecule has 0 unspecified atom stereocenters. The summed E-state index contributed by atoms with van der Waals surface area (Å²) in [6, 6.07) is 2.81. The highest BCUT2D eigenvalue weighted by atomic mass is 35.5. The van der Waals surface area contributed by atoms with Crippen molar-refractivity contribution in [1.82, 2.24) is 0 Å². The summed E-state index contributed by atoms with van der Waals surface area (Å²) in [4.78, 5) is 23.1. The maximum absolute atomic E-state index is 11.8. The Morgan fingerprint density at radius 3 is 3.00 bits per heavy atom. The van der Waals surface area contributed by atoms with E-state index in [1.54, 1.807) is 12.1 Å². The number of fused-ring (bicyclic) bond motifs is 1. The van der Waals surface area contributed by atoms with Crippen molar-refractivity contribution in [2.75, 3.05) is 10.6 Å². The molecule has 1 aromatic carbocycles. The molecule has 1 aliphatic heterocycles. The zero-order valence-corrected chi connectivity index (χ0v) is 11.4. The van der Waals surface area contributed by atoms with Gasteiger partial charge in [-0.1, -0.05) is 24.9 Å². The first kappa shape index (κ1) is 13.8. The van der Waals surface area contributed by atoms with Crippen LogP contribution in [0.25, 0.3) is 0 Å². The van der Waals surface area contributed by atoms with E-state index >= 15 is 0 Å². The zero-order valence-electron chi connectivity index (χ0n) is 10.6. The second-order valence-corrected chi connectivity index (χ2v) is 5.01. The molecule has 1 aromatic rings. The van der Waals surface area contributed by atoms with Gasteiger partial charge >= 0.3 is 0 Å². The Hall–Kier alpha value is -1.59. The number of nitrogens with one attached hydrogen (secondary N) is 2. The van der Waals surface area contributed by atoms with Crippen LogP contribution in [0.5, 0.6) is 0 Å². The van der Waals surface area contributed by atoms with E-state index in [2.05, 4.69) is 10.6 Å². The van der Waals surface area contributed by atoms with Crippen LogP contribution >= 0.6 is 11.6 Å². The Morgan fingerprint density at radius 1 is 1.58 bits per heavy atom. The number of anilines is 2. The molecule has 1 heterocycles. The van der Waals surface area contributed by atoms with Crippen molar-refractivity contribution in [3.63, 3.8) is 0 Å². The molecular weight excluding hydrogens is 266 g/mol. The summed E-state index contributed by atoms with van der Waals surface area (Å²) < 4.78 is 0. The lowest BCUT2D eigenvalue weighted by Gasteiger charge is -2.13. The minimum absolute atomic E-state index is 0.0720. The molecule has 1 atom stereocenters. The molecule has 5 nitrogen and oxygen atoms in total. The third-order valence-corrected chi connectivity index (χ3v) is 3.33. The molecule has 0 saturated heterocycles. The average Bonchev–Trinajstić information content (AvgIpc) is 2.69. The lowest BCUT2D eigenvalue weighted by molar-refractivity contribution is -0.117. The highest BCUT2D eigenvalue weighted by Crippen LogP contribution is 2.32. The molecule has 102 valence electrons. The quantitative estimate of drug-likeness (QED) is 0.788. The topological polar surface area (TPSA) is 84.2 Å². The minimum Gasteiger partial charge on any atom is -0.325 e. The van der Waals surface area contributed by atoms with Gasteiger partial charge in [0.15, 0.2) is 0 Å². The van der Waals surface area contributed by atoms with Crippen molar-refractivity contribution in [2.24, 2.45) is 5.73 Å². The minimum atomic E-state index is -0.547. The van der Waals surface area contributed by atoms with Gasteiger partial charge in [-0.3, -0.25) is 9.59 Å². The summed E-state index contributed by atoms with van der Waals surface area (Å²) in [7, 11) is 0. The molecule has 0 saturated carbocycles. The SMILES string of the molecule is CCC[C@H](N)C(=O)Nc1cc2c(cc1Cl)NC(=O)C2. The predicted octanol–water partition coefficient (Wildman–Crippen LogP) is 1.90. The fraction of sp³-hybridized carbons (Fsp3) is 0.385. The van der Waals surface area contributed by atoms with Crippen LogP contribution in [-0.2, 0) is 16.0 Å². The summed E-state index contributed by atoms with van der Waals surface area (Å²) in [6.07, 6.45) is 1.76. The Bertz CT molecular complexity index is 531. The Kier molecular flexibility index (Phi) is 4.07. The second-order valence-electron chi connectivity index (χ2n) is 4.60. The van der Waals surface area contributed by atoms with Gasteiger partial charge < -0.3 is 16.4 Å². The van der Waals surface area contributed by atoms with Crippen LogP contribution in [-0.4, -0.2) is 17.9 Å². The number of hydrogen-bond acceptors (Lipinski definition) is 3. The molecule has 0 fully saturated rings. The highest BCUT2D eigenvalue weighted by molar-refractivity contribution is 6.34. The summed E-state index contributed by atoms with van der Waals surface area (Å²) in [6.45, 7) is 1.97. The number of carbonyl (C=O) groups excluding carboxylic acids is 2. The van der Waals surface area contributed by atoms with Crippen LogP contribution in [0.3, 0.4) is 0 Å². The second kappa shape index (κ2) is 5.59. The van der Waals surface area contributed by atoms with Crippen LogP contribution in [0.1, 0.15) is 25.3 Å². The van der Waals surface area contributed by atoms with E-state index in [4.69, 9.17) is 17.3 Å². The van der Waals surface area contributed by atoms with Gasteiger partial charge in [-0.25, -0.2) is 0 Å². The van der Waals surface area contributed by atoms with Gasteiger partial charge in [0.1, 0.15) is 0 Å². The normalized spacial score (nSPS) is 14.8. The van der Waals surface area contributed by atoms with E-state index in [0.29, 0.717) is 29.2 Å². The molecule has 19 heavy (non-hydrogen) atoms. The Balaban J connectivity index is 2.16. The molecule has 0 aromatic heterocycles. The van der Waals surface area contributed by atoms with Gasteiger partial charge in [0.25, 0.3) is 0 Å². The van der Waals surface area contributed by atoms with Gasteiger partial charge in [0, 0.05) is 5.69 Å². The molecule has 2 rings (SSSR count). The molecule has 0 aliphatic carbocycles. The van der Waals surface area contributed by atoms with Crippen LogP contribution in [0, 0.1) is 0 Å². The van der Waals surface area contributed by atoms with Crippen molar-refractivity contribution in [3.05, 3.63) is 22.7 Å². The Labute approximate surface area is 116 Å². The number of amides is 2. The van der Waals surface area contributed by atoms with Gasteiger partial charge in [-0.2, -0.15) is 0 Å². The van der Waals surface area contributed by atoms with Crippen molar-refractivity contribution in [2.45, 2.75) is 32.2 Å². The van der Waals surface area contributed by atoms with Gasteiger partial charge in [0.2, 0.25) is 11.8 Å². The largest absolute Gasteiger partial charge is 0.325 e. The summed E-state index contributed by atoms with van der Waals surface area (Å²) in [5.74, 6) is -0.335. The van der Waals surface area contributed by atoms with Crippen LogP contribution in [0.2, 0.25) is 5.02 Å². The molecule has 0 spiro atoms. The van der Waals surface area contributed by atoms with E-state index in [1.807, 2.05) is 6.92 Å². The number of halogens is 1. The molecule has 2 amide bonds. The smallest absolute Gasteiger partial charge is 0.241 e. The van der Waals surface area contributed by atoms with Crippen molar-refractivity contribution in [1.29, 1.82) is 0 Å². The van der Waals surface area contributed by atoms with E-state index in [0.717, 1.165) is 12.0 Å². The van der Waals surface area contributed by atoms with Crippen molar-refractivity contribution < 1.29 is 9.59 Å². The lowest BCUT2D eigenvalue weighted by atomic mass is 10.1. The van der Waals surface area contributed by atoms with Crippen LogP contribution < -0.4 is 16.4 Å². The average molecular weight is 282 g/mol. The molecule has 0 bridgehead atoms. The predicted molar refractivity (Wildman–Crippen MR) is 75.3 cm³/mol. The molecule has 0 radical (unpaired) electrons. The first-order valence-electron chi connectivity index (χ1n) is 6.20. The summed E-state index contributed by atoms with van der Waals surface area (Å²) in [5, 5.41) is 5.79. The van der Waals surface area contributed by atoms with E-state index in [9.17, 15) is 9.59 Å². The summed E-state index contributed by atoms with van der Waals surface area (Å²) in [5.41, 5.74) is 7.76. The lowest BCUT2D eigenvalue weighted by Crippen LogP contribution is -2.35. The zero-order chi connectivity index (χ0) is 14.0. The number of benzene rings is 1. The first-order chi connectivity index (χ1) is 9.01. The fourth-order valence-corrected chi connectivity index (χ4v) is 2.22. The number of hydrogen-bond donors (Lipinski definition) is 3. The third-order valence-electron chi connectivity index (χ3n) is 3.01. The van der Waals surface area contributed by atoms with Gasteiger partial charge in [-0.05, 0) is 24.1 Å². The molecule has 1 aliphatic rings. The van der Waals surface area contributed by atoms with Crippen molar-refractivity contribution in [3.8, 4) is 0 Å². The first-order valence-corrected chi connectivity index (χ1v) is 6.57. The number of carbonyl (C=O) groups is 2. The van der Waals surface area contributed by atoms with E-state index in [-0.39, 0.29) is 11.8 Å². The number of rotatable bonds is 4. The highest BCUT2D eigenvalue weighted by Gasteiger charge is 2.21. The third kappa shape index (κ3) is 3.05. The monoisotopic (exact) mass is 281 g/mol. The van der Waals surface area contributed by atoms with Gasteiger partial charge in [-0.15, -0.1) is 0 Å². The summed E-state index contributed by atoms with van der Waals surface area (Å²) >= 11 is 6.07. The molecule has 4 N–H and O–H groups in total. The number of nitrogens with two attached hydrogens (primary N) is 1. The van der Waals surface area contributed by atoms with Crippen LogP contribution in [0.15, 0.2) is 12.1 Å².